The predicted molar refractivity (Wildman–Crippen MR) is 83.2 cm³/mol. The van der Waals surface area contributed by atoms with E-state index < -0.39 is 5.41 Å². The maximum absolute atomic E-state index is 12.0. The fourth-order valence-electron chi connectivity index (χ4n) is 1.82. The predicted octanol–water partition coefficient (Wildman–Crippen LogP) is 3.37. The summed E-state index contributed by atoms with van der Waals surface area (Å²) in [6.45, 7) is 6.61. The normalized spacial score (nSPS) is 11.4. The molecule has 0 aliphatic heterocycles. The van der Waals surface area contributed by atoms with Crippen molar-refractivity contribution in [2.45, 2.75) is 27.2 Å². The summed E-state index contributed by atoms with van der Waals surface area (Å²) in [5.74, 6) is 0.747. The van der Waals surface area contributed by atoms with Crippen LogP contribution < -0.4 is 5.32 Å². The Morgan fingerprint density at radius 3 is 2.67 bits per heavy atom. The number of amides is 1. The first-order valence-electron chi connectivity index (χ1n) is 6.01. The van der Waals surface area contributed by atoms with Crippen LogP contribution in [0.3, 0.4) is 0 Å². The van der Waals surface area contributed by atoms with Crippen molar-refractivity contribution in [3.05, 3.63) is 33.8 Å². The number of benzene rings is 1. The molecule has 0 heterocycles. The van der Waals surface area contributed by atoms with Crippen molar-refractivity contribution >= 4 is 34.5 Å². The molecule has 0 radical (unpaired) electrons. The van der Waals surface area contributed by atoms with Crippen LogP contribution in [0.5, 0.6) is 0 Å². The molecule has 1 amide bonds. The van der Waals surface area contributed by atoms with Gasteiger partial charge in [-0.05, 0) is 30.5 Å². The number of hydrogen-bond donors (Lipinski definition) is 2. The van der Waals surface area contributed by atoms with E-state index in [9.17, 15) is 4.79 Å². The van der Waals surface area contributed by atoms with Crippen molar-refractivity contribution in [1.29, 1.82) is 0 Å². The van der Waals surface area contributed by atoms with E-state index in [0.29, 0.717) is 12.3 Å². The Kier molecular flexibility index (Phi) is 5.73. The number of carbonyl (C=O) groups is 1. The smallest absolute Gasteiger partial charge is 0.226 e. The van der Waals surface area contributed by atoms with Crippen LogP contribution in [-0.4, -0.2) is 18.2 Å². The fourth-order valence-corrected chi connectivity index (χ4v) is 2.17. The van der Waals surface area contributed by atoms with Gasteiger partial charge in [0.05, 0.1) is 0 Å². The van der Waals surface area contributed by atoms with E-state index in [0.717, 1.165) is 10.9 Å². The van der Waals surface area contributed by atoms with Gasteiger partial charge >= 0.3 is 0 Å². The molecule has 0 unspecified atom stereocenters. The van der Waals surface area contributed by atoms with Crippen LogP contribution in [0.1, 0.15) is 25.0 Å². The molecule has 4 heteroatoms. The summed E-state index contributed by atoms with van der Waals surface area (Å²) in [5, 5.41) is 2.89. The van der Waals surface area contributed by atoms with Gasteiger partial charge in [0, 0.05) is 22.2 Å². The maximum Gasteiger partial charge on any atom is 0.226 e. The zero-order valence-electron chi connectivity index (χ0n) is 11.1. The summed E-state index contributed by atoms with van der Waals surface area (Å²) in [4.78, 5) is 12.0. The summed E-state index contributed by atoms with van der Waals surface area (Å²) in [6, 6.07) is 6.22. The Balaban J connectivity index is 2.75. The molecule has 0 aliphatic carbocycles. The molecule has 18 heavy (non-hydrogen) atoms. The number of nitrogens with one attached hydrogen (secondary N) is 1. The lowest BCUT2D eigenvalue weighted by Gasteiger charge is -2.23. The number of halogens is 1. The highest BCUT2D eigenvalue weighted by atomic mass is 79.9. The molecule has 1 N–H and O–H groups in total. The van der Waals surface area contributed by atoms with Gasteiger partial charge < -0.3 is 5.32 Å². The average molecular weight is 330 g/mol. The van der Waals surface area contributed by atoms with E-state index in [2.05, 4.69) is 52.9 Å². The van der Waals surface area contributed by atoms with Gasteiger partial charge in [-0.15, -0.1) is 0 Å². The van der Waals surface area contributed by atoms with Gasteiger partial charge in [-0.25, -0.2) is 0 Å². The van der Waals surface area contributed by atoms with Crippen LogP contribution in [0.15, 0.2) is 22.7 Å². The number of thiol groups is 1. The second-order valence-electron chi connectivity index (χ2n) is 5.12. The van der Waals surface area contributed by atoms with E-state index in [1.165, 1.54) is 11.1 Å². The van der Waals surface area contributed by atoms with Gasteiger partial charge in [0.15, 0.2) is 0 Å². The fraction of sp³-hybridized carbons (Fsp3) is 0.500. The number of aryl methyl sites for hydroxylation is 1. The van der Waals surface area contributed by atoms with Crippen molar-refractivity contribution in [3.63, 3.8) is 0 Å². The maximum atomic E-state index is 12.0. The second-order valence-corrected chi connectivity index (χ2v) is 6.43. The minimum Gasteiger partial charge on any atom is -0.355 e. The summed E-state index contributed by atoms with van der Waals surface area (Å²) in [7, 11) is 0. The van der Waals surface area contributed by atoms with E-state index in [-0.39, 0.29) is 5.91 Å². The van der Waals surface area contributed by atoms with Gasteiger partial charge in [0.1, 0.15) is 0 Å². The number of rotatable bonds is 5. The summed E-state index contributed by atoms with van der Waals surface area (Å²) in [6.07, 6.45) is 0.736. The quantitative estimate of drug-likeness (QED) is 0.797. The first-order valence-corrected chi connectivity index (χ1v) is 7.43. The monoisotopic (exact) mass is 329 g/mol. The third kappa shape index (κ3) is 4.32. The molecule has 1 aromatic carbocycles. The molecule has 1 aromatic rings. The van der Waals surface area contributed by atoms with Crippen LogP contribution in [0.4, 0.5) is 0 Å². The van der Waals surface area contributed by atoms with E-state index in [4.69, 9.17) is 0 Å². The van der Waals surface area contributed by atoms with Gasteiger partial charge in [-0.3, -0.25) is 4.79 Å². The molecule has 0 aliphatic rings. The summed E-state index contributed by atoms with van der Waals surface area (Å²) in [5.41, 5.74) is 1.98. The largest absolute Gasteiger partial charge is 0.355 e. The highest BCUT2D eigenvalue weighted by molar-refractivity contribution is 9.10. The topological polar surface area (TPSA) is 29.1 Å². The molecule has 0 saturated carbocycles. The van der Waals surface area contributed by atoms with Gasteiger partial charge in [-0.1, -0.05) is 41.9 Å². The van der Waals surface area contributed by atoms with Crippen molar-refractivity contribution in [2.75, 3.05) is 12.3 Å². The van der Waals surface area contributed by atoms with Crippen molar-refractivity contribution in [2.24, 2.45) is 5.41 Å². The molecule has 1 rings (SSSR count). The Bertz CT molecular complexity index is 432. The highest BCUT2D eigenvalue weighted by Crippen LogP contribution is 2.25. The van der Waals surface area contributed by atoms with Crippen LogP contribution in [0.25, 0.3) is 0 Å². The van der Waals surface area contributed by atoms with Crippen LogP contribution in [0, 0.1) is 12.3 Å². The minimum absolute atomic E-state index is 0.0807. The lowest BCUT2D eigenvalue weighted by Crippen LogP contribution is -2.39. The summed E-state index contributed by atoms with van der Waals surface area (Å²) >= 11 is 7.58. The lowest BCUT2D eigenvalue weighted by molar-refractivity contribution is -0.129. The first kappa shape index (κ1) is 15.6. The zero-order chi connectivity index (χ0) is 13.8. The highest BCUT2D eigenvalue weighted by Gasteiger charge is 2.27. The number of carbonyl (C=O) groups excluding carboxylic acids is 1. The van der Waals surface area contributed by atoms with Gasteiger partial charge in [0.2, 0.25) is 5.91 Å². The van der Waals surface area contributed by atoms with Crippen molar-refractivity contribution < 1.29 is 4.79 Å². The van der Waals surface area contributed by atoms with Gasteiger partial charge in [0.25, 0.3) is 0 Å². The molecule has 0 aromatic heterocycles. The molecule has 0 spiro atoms. The molecule has 2 nitrogen and oxygen atoms in total. The van der Waals surface area contributed by atoms with E-state index in [1.807, 2.05) is 19.9 Å². The average Bonchev–Trinajstić information content (AvgIpc) is 2.30. The molecular weight excluding hydrogens is 310 g/mol. The summed E-state index contributed by atoms with van der Waals surface area (Å²) < 4.78 is 1.10. The Labute approximate surface area is 123 Å². The van der Waals surface area contributed by atoms with Crippen molar-refractivity contribution in [1.82, 2.24) is 5.32 Å². The molecule has 0 fully saturated rings. The standard InChI is InChI=1S/C14H20BrNOS/c1-10-8-11(4-5-12(10)15)9-14(2,3)13(17)16-6-7-18/h4-5,8,18H,6-7,9H2,1-3H3,(H,16,17). The van der Waals surface area contributed by atoms with E-state index in [1.54, 1.807) is 0 Å². The minimum atomic E-state index is -0.400. The zero-order valence-corrected chi connectivity index (χ0v) is 13.6. The number of hydrogen-bond acceptors (Lipinski definition) is 2. The lowest BCUT2D eigenvalue weighted by atomic mass is 9.84. The third-order valence-electron chi connectivity index (χ3n) is 2.88. The molecule has 0 atom stereocenters. The SMILES string of the molecule is Cc1cc(CC(C)(C)C(=O)NCCS)ccc1Br. The molecular formula is C14H20BrNOS. The van der Waals surface area contributed by atoms with Crippen LogP contribution >= 0.6 is 28.6 Å². The third-order valence-corrected chi connectivity index (χ3v) is 3.99. The molecule has 0 bridgehead atoms. The Morgan fingerprint density at radius 1 is 1.44 bits per heavy atom. The molecule has 0 saturated heterocycles. The van der Waals surface area contributed by atoms with Crippen LogP contribution in [-0.2, 0) is 11.2 Å². The second kappa shape index (κ2) is 6.62. The Hall–Kier alpha value is -0.480. The first-order chi connectivity index (χ1) is 8.36. The molecule has 100 valence electrons. The van der Waals surface area contributed by atoms with Crippen molar-refractivity contribution in [3.8, 4) is 0 Å². The van der Waals surface area contributed by atoms with Gasteiger partial charge in [-0.2, -0.15) is 12.6 Å². The van der Waals surface area contributed by atoms with Crippen LogP contribution in [0.2, 0.25) is 0 Å². The Morgan fingerprint density at radius 2 is 2.11 bits per heavy atom. The van der Waals surface area contributed by atoms with E-state index >= 15 is 0 Å².